The predicted molar refractivity (Wildman–Crippen MR) is 71.8 cm³/mol. The third-order valence-electron chi connectivity index (χ3n) is 3.04. The van der Waals surface area contributed by atoms with Gasteiger partial charge in [0.1, 0.15) is 5.75 Å². The molecule has 0 N–H and O–H groups in total. The maximum absolute atomic E-state index is 12.0. The smallest absolute Gasteiger partial charge is 0.162 e. The van der Waals surface area contributed by atoms with Gasteiger partial charge in [-0.1, -0.05) is 13.3 Å². The van der Waals surface area contributed by atoms with Crippen molar-refractivity contribution in [3.05, 3.63) is 27.7 Å². The van der Waals surface area contributed by atoms with Crippen LogP contribution in [0.25, 0.3) is 0 Å². The predicted octanol–water partition coefficient (Wildman–Crippen LogP) is 4.15. The van der Waals surface area contributed by atoms with E-state index < -0.39 is 0 Å². The fourth-order valence-electron chi connectivity index (χ4n) is 2.08. The molecule has 2 nitrogen and oxygen atoms in total. The highest BCUT2D eigenvalue weighted by Crippen LogP contribution is 2.34. The quantitative estimate of drug-likeness (QED) is 0.780. The monoisotopic (exact) mass is 296 g/mol. The summed E-state index contributed by atoms with van der Waals surface area (Å²) in [6.45, 7) is 2.87. The molecule has 92 valence electrons. The molecule has 17 heavy (non-hydrogen) atoms. The van der Waals surface area contributed by atoms with Crippen molar-refractivity contribution in [2.24, 2.45) is 0 Å². The highest BCUT2D eigenvalue weighted by molar-refractivity contribution is 9.10. The van der Waals surface area contributed by atoms with Crippen LogP contribution < -0.4 is 4.74 Å². The van der Waals surface area contributed by atoms with E-state index in [1.807, 2.05) is 12.1 Å². The van der Waals surface area contributed by atoms with Gasteiger partial charge in [0.25, 0.3) is 0 Å². The first-order valence-electron chi connectivity index (χ1n) is 6.20. The number of rotatable bonds is 4. The largest absolute Gasteiger partial charge is 0.492 e. The molecular formula is C14H17BrO2. The zero-order chi connectivity index (χ0) is 12.3. The first-order chi connectivity index (χ1) is 8.22. The molecule has 1 heterocycles. The number of aryl methyl sites for hydroxylation is 1. The second-order valence-corrected chi connectivity index (χ2v) is 5.28. The minimum absolute atomic E-state index is 0.237. The molecule has 1 aromatic rings. The van der Waals surface area contributed by atoms with E-state index in [-0.39, 0.29) is 5.78 Å². The molecule has 0 atom stereocenters. The van der Waals surface area contributed by atoms with Crippen molar-refractivity contribution in [2.45, 2.75) is 39.0 Å². The van der Waals surface area contributed by atoms with E-state index in [1.54, 1.807) is 0 Å². The van der Waals surface area contributed by atoms with Crippen LogP contribution in [0.3, 0.4) is 0 Å². The highest BCUT2D eigenvalue weighted by Gasteiger charge is 2.17. The van der Waals surface area contributed by atoms with Crippen LogP contribution in [0.1, 0.15) is 48.5 Å². The van der Waals surface area contributed by atoms with Gasteiger partial charge in [-0.05, 0) is 52.9 Å². The summed E-state index contributed by atoms with van der Waals surface area (Å²) in [4.78, 5) is 12.0. The molecule has 0 aliphatic carbocycles. The lowest BCUT2D eigenvalue weighted by molar-refractivity contribution is 0.0979. The SMILES string of the molecule is CCCCC(=O)c1cc(Br)c2c(c1)CCCO2. The van der Waals surface area contributed by atoms with E-state index in [0.29, 0.717) is 6.42 Å². The van der Waals surface area contributed by atoms with E-state index in [0.717, 1.165) is 53.6 Å². The number of Topliss-reactive ketones (excluding diaryl/α,β-unsaturated/α-hetero) is 1. The van der Waals surface area contributed by atoms with Gasteiger partial charge in [0.15, 0.2) is 5.78 Å². The lowest BCUT2D eigenvalue weighted by Gasteiger charge is -2.19. The van der Waals surface area contributed by atoms with Gasteiger partial charge in [-0.2, -0.15) is 0 Å². The Balaban J connectivity index is 2.24. The van der Waals surface area contributed by atoms with Gasteiger partial charge in [-0.15, -0.1) is 0 Å². The summed E-state index contributed by atoms with van der Waals surface area (Å²) in [5.74, 6) is 1.16. The lowest BCUT2D eigenvalue weighted by atomic mass is 9.99. The van der Waals surface area contributed by atoms with Crippen LogP contribution >= 0.6 is 15.9 Å². The Bertz CT molecular complexity index is 426. The fourth-order valence-corrected chi connectivity index (χ4v) is 2.69. The molecule has 0 aromatic heterocycles. The van der Waals surface area contributed by atoms with Gasteiger partial charge in [0.2, 0.25) is 0 Å². The molecule has 0 fully saturated rings. The number of ether oxygens (including phenoxy) is 1. The molecule has 0 bridgehead atoms. The molecule has 1 aliphatic heterocycles. The molecule has 3 heteroatoms. The van der Waals surface area contributed by atoms with E-state index in [9.17, 15) is 4.79 Å². The van der Waals surface area contributed by atoms with Gasteiger partial charge in [-0.25, -0.2) is 0 Å². The molecule has 0 saturated carbocycles. The molecule has 1 aromatic carbocycles. The second kappa shape index (κ2) is 5.67. The van der Waals surface area contributed by atoms with Crippen molar-refractivity contribution >= 4 is 21.7 Å². The van der Waals surface area contributed by atoms with Crippen LogP contribution in [0.5, 0.6) is 5.75 Å². The number of hydrogen-bond acceptors (Lipinski definition) is 2. The van der Waals surface area contributed by atoms with Gasteiger partial charge in [-0.3, -0.25) is 4.79 Å². The molecule has 0 unspecified atom stereocenters. The fraction of sp³-hybridized carbons (Fsp3) is 0.500. The Labute approximate surface area is 110 Å². The Morgan fingerprint density at radius 3 is 3.06 bits per heavy atom. The Morgan fingerprint density at radius 2 is 2.29 bits per heavy atom. The summed E-state index contributed by atoms with van der Waals surface area (Å²) in [6.07, 6.45) is 4.70. The first-order valence-corrected chi connectivity index (χ1v) is 7.00. The second-order valence-electron chi connectivity index (χ2n) is 4.43. The summed E-state index contributed by atoms with van der Waals surface area (Å²) < 4.78 is 6.52. The summed E-state index contributed by atoms with van der Waals surface area (Å²) >= 11 is 3.49. The average molecular weight is 297 g/mol. The van der Waals surface area contributed by atoms with Crippen LogP contribution in [0.15, 0.2) is 16.6 Å². The summed E-state index contributed by atoms with van der Waals surface area (Å²) in [5, 5.41) is 0. The Hall–Kier alpha value is -0.830. The van der Waals surface area contributed by atoms with Crippen molar-refractivity contribution in [3.63, 3.8) is 0 Å². The summed E-state index contributed by atoms with van der Waals surface area (Å²) in [5.41, 5.74) is 1.97. The van der Waals surface area contributed by atoms with Crippen LogP contribution in [-0.2, 0) is 6.42 Å². The standard InChI is InChI=1S/C14H17BrO2/c1-2-3-6-13(16)11-8-10-5-4-7-17-14(10)12(15)9-11/h8-9H,2-7H2,1H3. The molecule has 0 radical (unpaired) electrons. The lowest BCUT2D eigenvalue weighted by Crippen LogP contribution is -2.10. The first kappa shape index (κ1) is 12.6. The number of ketones is 1. The number of halogens is 1. The third kappa shape index (κ3) is 2.89. The average Bonchev–Trinajstić information content (AvgIpc) is 2.36. The minimum atomic E-state index is 0.237. The van der Waals surface area contributed by atoms with Crippen LogP contribution in [0.2, 0.25) is 0 Å². The van der Waals surface area contributed by atoms with Gasteiger partial charge < -0.3 is 4.74 Å². The van der Waals surface area contributed by atoms with Crippen molar-refractivity contribution in [2.75, 3.05) is 6.61 Å². The topological polar surface area (TPSA) is 26.3 Å². The van der Waals surface area contributed by atoms with Crippen molar-refractivity contribution in [3.8, 4) is 5.75 Å². The van der Waals surface area contributed by atoms with E-state index in [1.165, 1.54) is 0 Å². The third-order valence-corrected chi connectivity index (χ3v) is 3.63. The Kier molecular flexibility index (Phi) is 4.21. The van der Waals surface area contributed by atoms with Gasteiger partial charge in [0, 0.05) is 12.0 Å². The zero-order valence-electron chi connectivity index (χ0n) is 10.1. The zero-order valence-corrected chi connectivity index (χ0v) is 11.7. The highest BCUT2D eigenvalue weighted by atomic mass is 79.9. The van der Waals surface area contributed by atoms with Crippen LogP contribution in [0, 0.1) is 0 Å². The number of unbranched alkanes of at least 4 members (excludes halogenated alkanes) is 1. The number of benzene rings is 1. The minimum Gasteiger partial charge on any atom is -0.492 e. The van der Waals surface area contributed by atoms with Crippen molar-refractivity contribution < 1.29 is 9.53 Å². The Morgan fingerprint density at radius 1 is 1.47 bits per heavy atom. The maximum atomic E-state index is 12.0. The van der Waals surface area contributed by atoms with Crippen LogP contribution in [-0.4, -0.2) is 12.4 Å². The molecule has 0 amide bonds. The molecule has 0 spiro atoms. The normalized spacial score (nSPS) is 14.0. The molecular weight excluding hydrogens is 280 g/mol. The molecule has 0 saturated heterocycles. The van der Waals surface area contributed by atoms with Crippen molar-refractivity contribution in [1.29, 1.82) is 0 Å². The van der Waals surface area contributed by atoms with E-state index in [4.69, 9.17) is 4.74 Å². The number of carbonyl (C=O) groups excluding carboxylic acids is 1. The maximum Gasteiger partial charge on any atom is 0.162 e. The number of hydrogen-bond donors (Lipinski definition) is 0. The van der Waals surface area contributed by atoms with E-state index in [2.05, 4.69) is 22.9 Å². The van der Waals surface area contributed by atoms with Crippen molar-refractivity contribution in [1.82, 2.24) is 0 Å². The number of fused-ring (bicyclic) bond motifs is 1. The number of carbonyl (C=O) groups is 1. The molecule has 2 rings (SSSR count). The molecule has 1 aliphatic rings. The van der Waals surface area contributed by atoms with Gasteiger partial charge >= 0.3 is 0 Å². The van der Waals surface area contributed by atoms with E-state index >= 15 is 0 Å². The summed E-state index contributed by atoms with van der Waals surface area (Å²) in [6, 6.07) is 3.89. The van der Waals surface area contributed by atoms with Gasteiger partial charge in [0.05, 0.1) is 11.1 Å². The van der Waals surface area contributed by atoms with Crippen LogP contribution in [0.4, 0.5) is 0 Å². The summed E-state index contributed by atoms with van der Waals surface area (Å²) in [7, 11) is 0.